The normalized spacial score (nSPS) is 17.9. The van der Waals surface area contributed by atoms with E-state index in [0.717, 1.165) is 25.7 Å². The van der Waals surface area contributed by atoms with Crippen LogP contribution in [0, 0.1) is 11.7 Å². The Morgan fingerprint density at radius 2 is 2.00 bits per heavy atom. The minimum atomic E-state index is -0.562. The lowest BCUT2D eigenvalue weighted by molar-refractivity contribution is -0.126. The number of rotatable bonds is 8. The molecule has 180 valence electrons. The molecule has 0 unspecified atom stereocenters. The highest BCUT2D eigenvalue weighted by Gasteiger charge is 2.28. The number of benzene rings is 2. The molecule has 1 aliphatic rings. The fourth-order valence-electron chi connectivity index (χ4n) is 4.11. The molecule has 0 spiro atoms. The number of fused-ring (bicyclic) bond motifs is 1. The van der Waals surface area contributed by atoms with Gasteiger partial charge >= 0.3 is 0 Å². The van der Waals surface area contributed by atoms with Crippen molar-refractivity contribution in [3.05, 3.63) is 47.5 Å². The monoisotopic (exact) mass is 487 g/mol. The number of anilines is 2. The summed E-state index contributed by atoms with van der Waals surface area (Å²) in [6.07, 6.45) is 4.29. The Bertz CT molecular complexity index is 1170. The summed E-state index contributed by atoms with van der Waals surface area (Å²) in [5, 5.41) is 6.52. The van der Waals surface area contributed by atoms with Crippen LogP contribution in [0.25, 0.3) is 10.9 Å². The molecule has 1 aliphatic carbocycles. The highest BCUT2D eigenvalue weighted by molar-refractivity contribution is 6.31. The topological polar surface area (TPSA) is 111 Å². The molecular weight excluding hydrogens is 461 g/mol. The molecule has 8 nitrogen and oxygen atoms in total. The maximum Gasteiger partial charge on any atom is 0.223 e. The first-order valence-corrected chi connectivity index (χ1v) is 11.6. The number of ether oxygens (including phenoxy) is 2. The van der Waals surface area contributed by atoms with Crippen LogP contribution in [0.2, 0.25) is 5.02 Å². The third-order valence-electron chi connectivity index (χ3n) is 5.91. The molecule has 0 bridgehead atoms. The predicted molar refractivity (Wildman–Crippen MR) is 129 cm³/mol. The predicted octanol–water partition coefficient (Wildman–Crippen LogP) is 4.19. The van der Waals surface area contributed by atoms with Gasteiger partial charge in [-0.15, -0.1) is 0 Å². The van der Waals surface area contributed by atoms with Gasteiger partial charge in [-0.3, -0.25) is 4.79 Å². The van der Waals surface area contributed by atoms with Crippen molar-refractivity contribution in [3.63, 3.8) is 0 Å². The highest BCUT2D eigenvalue weighted by Crippen LogP contribution is 2.38. The molecule has 34 heavy (non-hydrogen) atoms. The number of carbonyl (C=O) groups excluding carboxylic acids is 1. The number of carbonyl (C=O) groups is 1. The Labute approximate surface area is 202 Å². The van der Waals surface area contributed by atoms with E-state index in [1.807, 2.05) is 0 Å². The largest absolute Gasteiger partial charge is 0.493 e. The van der Waals surface area contributed by atoms with Crippen LogP contribution in [-0.2, 0) is 4.79 Å². The van der Waals surface area contributed by atoms with Crippen molar-refractivity contribution in [3.8, 4) is 11.5 Å². The van der Waals surface area contributed by atoms with Crippen LogP contribution < -0.4 is 25.8 Å². The molecule has 4 N–H and O–H groups in total. The Morgan fingerprint density at radius 1 is 1.21 bits per heavy atom. The number of methoxy groups -OCH3 is 1. The first-order valence-electron chi connectivity index (χ1n) is 11.2. The van der Waals surface area contributed by atoms with E-state index in [9.17, 15) is 9.18 Å². The smallest absolute Gasteiger partial charge is 0.223 e. The van der Waals surface area contributed by atoms with Gasteiger partial charge in [-0.1, -0.05) is 17.7 Å². The molecule has 1 heterocycles. The van der Waals surface area contributed by atoms with Crippen LogP contribution in [0.4, 0.5) is 15.9 Å². The number of halogens is 2. The lowest BCUT2D eigenvalue weighted by Gasteiger charge is -2.29. The fraction of sp³-hybridized carbons (Fsp3) is 0.375. The number of nitrogens with one attached hydrogen (secondary N) is 2. The van der Waals surface area contributed by atoms with Gasteiger partial charge < -0.3 is 25.8 Å². The molecule has 0 radical (unpaired) electrons. The third kappa shape index (κ3) is 5.31. The number of hydrogen-bond donors (Lipinski definition) is 3. The first kappa shape index (κ1) is 24.0. The van der Waals surface area contributed by atoms with Crippen molar-refractivity contribution in [1.29, 1.82) is 0 Å². The average Bonchev–Trinajstić information content (AvgIpc) is 2.85. The second kappa shape index (κ2) is 10.8. The summed E-state index contributed by atoms with van der Waals surface area (Å²) in [6, 6.07) is 8.27. The van der Waals surface area contributed by atoms with Crippen LogP contribution in [0.15, 0.2) is 36.7 Å². The maximum atomic E-state index is 14.4. The summed E-state index contributed by atoms with van der Waals surface area (Å²) in [4.78, 5) is 20.8. The fourth-order valence-corrected chi connectivity index (χ4v) is 4.28. The molecule has 4 rings (SSSR count). The SMILES string of the molecule is COc1cc2ncnc(Nc3cccc(Cl)c3F)c2cc1OC1CCC(C(=O)NCCN)CC1. The number of aromatic nitrogens is 2. The molecule has 1 saturated carbocycles. The van der Waals surface area contributed by atoms with Gasteiger partial charge in [0.05, 0.1) is 29.4 Å². The maximum absolute atomic E-state index is 14.4. The van der Waals surface area contributed by atoms with E-state index in [4.69, 9.17) is 26.8 Å². The molecule has 0 atom stereocenters. The molecule has 1 aromatic heterocycles. The zero-order valence-corrected chi connectivity index (χ0v) is 19.6. The standard InChI is InChI=1S/C24H27ClFN5O3/c1-33-20-12-19-16(23(30-13-29-19)31-18-4-2-3-17(25)22(18)26)11-21(20)34-15-7-5-14(6-8-15)24(32)28-10-9-27/h2-4,11-15H,5-10,27H2,1H3,(H,28,32)(H,29,30,31). The number of nitrogens with zero attached hydrogens (tertiary/aromatic N) is 2. The molecule has 1 fully saturated rings. The van der Waals surface area contributed by atoms with Crippen molar-refractivity contribution in [2.45, 2.75) is 31.8 Å². The Balaban J connectivity index is 1.54. The lowest BCUT2D eigenvalue weighted by Crippen LogP contribution is -2.37. The average molecular weight is 488 g/mol. The first-order chi connectivity index (χ1) is 16.5. The molecule has 2 aromatic carbocycles. The Kier molecular flexibility index (Phi) is 7.64. The quantitative estimate of drug-likeness (QED) is 0.437. The second-order valence-electron chi connectivity index (χ2n) is 8.14. The van der Waals surface area contributed by atoms with Crippen LogP contribution in [0.5, 0.6) is 11.5 Å². The van der Waals surface area contributed by atoms with E-state index in [1.54, 1.807) is 31.4 Å². The lowest BCUT2D eigenvalue weighted by atomic mass is 9.86. The van der Waals surface area contributed by atoms with E-state index in [-0.39, 0.29) is 28.6 Å². The van der Waals surface area contributed by atoms with Gasteiger partial charge in [-0.2, -0.15) is 0 Å². The summed E-state index contributed by atoms with van der Waals surface area (Å²) >= 11 is 5.91. The van der Waals surface area contributed by atoms with Crippen molar-refractivity contribution in [2.75, 3.05) is 25.5 Å². The van der Waals surface area contributed by atoms with Gasteiger partial charge in [0.25, 0.3) is 0 Å². The highest BCUT2D eigenvalue weighted by atomic mass is 35.5. The molecule has 3 aromatic rings. The number of nitrogens with two attached hydrogens (primary N) is 1. The summed E-state index contributed by atoms with van der Waals surface area (Å²) < 4.78 is 26.3. The van der Waals surface area contributed by atoms with Crippen LogP contribution in [0.3, 0.4) is 0 Å². The van der Waals surface area contributed by atoms with Crippen LogP contribution >= 0.6 is 11.6 Å². The second-order valence-corrected chi connectivity index (χ2v) is 8.55. The van der Waals surface area contributed by atoms with E-state index in [1.165, 1.54) is 12.4 Å². The molecule has 0 aliphatic heterocycles. The molecular formula is C24H27ClFN5O3. The van der Waals surface area contributed by atoms with E-state index in [2.05, 4.69) is 20.6 Å². The summed E-state index contributed by atoms with van der Waals surface area (Å²) in [5.74, 6) is 0.950. The van der Waals surface area contributed by atoms with Crippen molar-refractivity contribution in [2.24, 2.45) is 11.7 Å². The molecule has 1 amide bonds. The summed E-state index contributed by atoms with van der Waals surface area (Å²) in [6.45, 7) is 0.914. The van der Waals surface area contributed by atoms with E-state index in [0.29, 0.717) is 41.3 Å². The van der Waals surface area contributed by atoms with Crippen molar-refractivity contribution >= 4 is 39.9 Å². The minimum Gasteiger partial charge on any atom is -0.493 e. The Morgan fingerprint density at radius 3 is 2.74 bits per heavy atom. The molecule has 10 heteroatoms. The van der Waals surface area contributed by atoms with Gasteiger partial charge in [-0.25, -0.2) is 14.4 Å². The van der Waals surface area contributed by atoms with E-state index < -0.39 is 5.82 Å². The number of amides is 1. The zero-order chi connectivity index (χ0) is 24.1. The summed E-state index contributed by atoms with van der Waals surface area (Å²) in [7, 11) is 1.56. The van der Waals surface area contributed by atoms with Gasteiger partial charge in [0.15, 0.2) is 17.3 Å². The summed E-state index contributed by atoms with van der Waals surface area (Å²) in [5.41, 5.74) is 6.29. The van der Waals surface area contributed by atoms with Crippen LogP contribution in [-0.4, -0.2) is 42.2 Å². The van der Waals surface area contributed by atoms with Gasteiger partial charge in [0.1, 0.15) is 12.1 Å². The van der Waals surface area contributed by atoms with Gasteiger partial charge in [0, 0.05) is 30.5 Å². The number of hydrogen-bond acceptors (Lipinski definition) is 7. The van der Waals surface area contributed by atoms with Crippen molar-refractivity contribution < 1.29 is 18.7 Å². The van der Waals surface area contributed by atoms with Gasteiger partial charge in [-0.05, 0) is 43.9 Å². The Hall–Kier alpha value is -3.17. The zero-order valence-electron chi connectivity index (χ0n) is 18.8. The minimum absolute atomic E-state index is 0.0152. The van der Waals surface area contributed by atoms with E-state index >= 15 is 0 Å². The van der Waals surface area contributed by atoms with Gasteiger partial charge in [0.2, 0.25) is 5.91 Å². The van der Waals surface area contributed by atoms with Crippen molar-refractivity contribution in [1.82, 2.24) is 15.3 Å². The van der Waals surface area contributed by atoms with Crippen LogP contribution in [0.1, 0.15) is 25.7 Å². The molecule has 0 saturated heterocycles. The third-order valence-corrected chi connectivity index (χ3v) is 6.20.